The number of anilines is 1. The highest BCUT2D eigenvalue weighted by molar-refractivity contribution is 5.83. The number of carboxylic acids is 1. The fourth-order valence-electron chi connectivity index (χ4n) is 2.72. The van der Waals surface area contributed by atoms with Gasteiger partial charge in [-0.05, 0) is 42.2 Å². The van der Waals surface area contributed by atoms with Gasteiger partial charge in [-0.3, -0.25) is 4.79 Å². The summed E-state index contributed by atoms with van der Waals surface area (Å²) >= 11 is 0. The lowest BCUT2D eigenvalue weighted by molar-refractivity contribution is -0.143. The fourth-order valence-corrected chi connectivity index (χ4v) is 2.72. The van der Waals surface area contributed by atoms with E-state index in [0.717, 1.165) is 16.7 Å². The SMILES string of the molecule is Cc1ccccc1C(CN)(Cc1cccc(N)c1)C(=O)O. The summed E-state index contributed by atoms with van der Waals surface area (Å²) in [6.45, 7) is 1.93. The third kappa shape index (κ3) is 2.90. The second kappa shape index (κ2) is 5.97. The highest BCUT2D eigenvalue weighted by Crippen LogP contribution is 2.31. The third-order valence-electron chi connectivity index (χ3n) is 3.88. The minimum absolute atomic E-state index is 0.0297. The Morgan fingerprint density at radius 2 is 1.90 bits per heavy atom. The van der Waals surface area contributed by atoms with Crippen LogP contribution in [-0.4, -0.2) is 17.6 Å². The molecule has 110 valence electrons. The van der Waals surface area contributed by atoms with Crippen LogP contribution in [0.5, 0.6) is 0 Å². The molecule has 0 spiro atoms. The zero-order valence-corrected chi connectivity index (χ0v) is 12.0. The standard InChI is InChI=1S/C17H20N2O2/c1-12-5-2-3-8-15(12)17(11-18,16(20)21)10-13-6-4-7-14(19)9-13/h2-9H,10-11,18-19H2,1H3,(H,20,21). The summed E-state index contributed by atoms with van der Waals surface area (Å²) in [7, 11) is 0. The Labute approximate surface area is 124 Å². The molecule has 2 rings (SSSR count). The number of aryl methyl sites for hydroxylation is 1. The molecule has 21 heavy (non-hydrogen) atoms. The van der Waals surface area contributed by atoms with E-state index in [2.05, 4.69) is 0 Å². The molecule has 0 amide bonds. The van der Waals surface area contributed by atoms with Crippen molar-refractivity contribution in [3.63, 3.8) is 0 Å². The van der Waals surface area contributed by atoms with E-state index in [-0.39, 0.29) is 6.54 Å². The molecule has 2 aromatic rings. The molecule has 0 aliphatic heterocycles. The molecule has 5 N–H and O–H groups in total. The lowest BCUT2D eigenvalue weighted by atomic mass is 9.74. The Morgan fingerprint density at radius 3 is 2.48 bits per heavy atom. The molecule has 0 aliphatic rings. The molecule has 0 aromatic heterocycles. The summed E-state index contributed by atoms with van der Waals surface area (Å²) in [5.74, 6) is -0.915. The summed E-state index contributed by atoms with van der Waals surface area (Å²) in [6.07, 6.45) is 0.314. The Hall–Kier alpha value is -2.33. The number of carbonyl (C=O) groups is 1. The molecular formula is C17H20N2O2. The summed E-state index contributed by atoms with van der Waals surface area (Å²) in [4.78, 5) is 12.0. The highest BCUT2D eigenvalue weighted by Gasteiger charge is 2.40. The van der Waals surface area contributed by atoms with Gasteiger partial charge in [-0.1, -0.05) is 36.4 Å². The Bertz CT molecular complexity index is 655. The number of nitrogen functional groups attached to an aromatic ring is 1. The molecule has 0 bridgehead atoms. The summed E-state index contributed by atoms with van der Waals surface area (Å²) in [6, 6.07) is 14.8. The van der Waals surface area contributed by atoms with E-state index in [0.29, 0.717) is 12.1 Å². The van der Waals surface area contributed by atoms with Crippen LogP contribution in [0.15, 0.2) is 48.5 Å². The van der Waals surface area contributed by atoms with E-state index in [4.69, 9.17) is 11.5 Å². The van der Waals surface area contributed by atoms with Crippen molar-refractivity contribution in [2.75, 3.05) is 12.3 Å². The Kier molecular flexibility index (Phi) is 4.29. The van der Waals surface area contributed by atoms with Gasteiger partial charge >= 0.3 is 5.97 Å². The first kappa shape index (κ1) is 15.1. The van der Waals surface area contributed by atoms with E-state index in [1.54, 1.807) is 12.1 Å². The van der Waals surface area contributed by atoms with Gasteiger partial charge in [-0.15, -0.1) is 0 Å². The van der Waals surface area contributed by atoms with E-state index in [9.17, 15) is 9.90 Å². The number of rotatable bonds is 5. The minimum atomic E-state index is -1.14. The maximum atomic E-state index is 12.0. The lowest BCUT2D eigenvalue weighted by Crippen LogP contribution is -2.45. The van der Waals surface area contributed by atoms with Gasteiger partial charge in [0.1, 0.15) is 5.41 Å². The highest BCUT2D eigenvalue weighted by atomic mass is 16.4. The summed E-state index contributed by atoms with van der Waals surface area (Å²) in [5.41, 5.74) is 13.7. The predicted octanol–water partition coefficient (Wildman–Crippen LogP) is 2.10. The molecule has 0 fully saturated rings. The van der Waals surface area contributed by atoms with Crippen LogP contribution in [0.25, 0.3) is 0 Å². The Morgan fingerprint density at radius 1 is 1.19 bits per heavy atom. The van der Waals surface area contributed by atoms with Gasteiger partial charge in [0.2, 0.25) is 0 Å². The first-order valence-corrected chi connectivity index (χ1v) is 6.83. The van der Waals surface area contributed by atoms with E-state index >= 15 is 0 Å². The van der Waals surface area contributed by atoms with Gasteiger partial charge < -0.3 is 16.6 Å². The number of nitrogens with two attached hydrogens (primary N) is 2. The maximum Gasteiger partial charge on any atom is 0.315 e. The fraction of sp³-hybridized carbons (Fsp3) is 0.235. The molecule has 0 saturated heterocycles. The third-order valence-corrected chi connectivity index (χ3v) is 3.88. The minimum Gasteiger partial charge on any atom is -0.481 e. The summed E-state index contributed by atoms with van der Waals surface area (Å²) in [5, 5.41) is 9.82. The zero-order chi connectivity index (χ0) is 15.5. The molecule has 4 nitrogen and oxygen atoms in total. The van der Waals surface area contributed by atoms with Crippen molar-refractivity contribution >= 4 is 11.7 Å². The molecule has 1 unspecified atom stereocenters. The largest absolute Gasteiger partial charge is 0.481 e. The van der Waals surface area contributed by atoms with E-state index in [1.165, 1.54) is 0 Å². The first-order valence-electron chi connectivity index (χ1n) is 6.83. The maximum absolute atomic E-state index is 12.0. The Balaban J connectivity index is 2.53. The molecule has 2 aromatic carbocycles. The normalized spacial score (nSPS) is 13.6. The van der Waals surface area contributed by atoms with Crippen LogP contribution in [0.2, 0.25) is 0 Å². The predicted molar refractivity (Wildman–Crippen MR) is 84.1 cm³/mol. The number of hydrogen-bond donors (Lipinski definition) is 3. The van der Waals surface area contributed by atoms with Crippen LogP contribution in [0.3, 0.4) is 0 Å². The van der Waals surface area contributed by atoms with Crippen LogP contribution in [0.4, 0.5) is 5.69 Å². The van der Waals surface area contributed by atoms with Crippen molar-refractivity contribution in [3.8, 4) is 0 Å². The van der Waals surface area contributed by atoms with Gasteiger partial charge in [0.25, 0.3) is 0 Å². The second-order valence-corrected chi connectivity index (χ2v) is 5.33. The second-order valence-electron chi connectivity index (χ2n) is 5.33. The van der Waals surface area contributed by atoms with Crippen molar-refractivity contribution in [1.82, 2.24) is 0 Å². The molecule has 1 atom stereocenters. The molecule has 0 aliphatic carbocycles. The van der Waals surface area contributed by atoms with Gasteiger partial charge in [0.05, 0.1) is 0 Å². The smallest absolute Gasteiger partial charge is 0.315 e. The molecule has 0 heterocycles. The molecule has 0 saturated carbocycles. The van der Waals surface area contributed by atoms with E-state index in [1.807, 2.05) is 43.3 Å². The monoisotopic (exact) mass is 284 g/mol. The number of carboxylic acid groups (broad SMARTS) is 1. The van der Waals surface area contributed by atoms with Gasteiger partial charge in [-0.2, -0.15) is 0 Å². The average molecular weight is 284 g/mol. The number of benzene rings is 2. The van der Waals surface area contributed by atoms with Crippen LogP contribution >= 0.6 is 0 Å². The molecule has 0 radical (unpaired) electrons. The number of aliphatic carboxylic acids is 1. The first-order chi connectivity index (χ1) is 9.99. The van der Waals surface area contributed by atoms with Crippen LogP contribution in [0, 0.1) is 6.92 Å². The molecular weight excluding hydrogens is 264 g/mol. The van der Waals surface area contributed by atoms with Gasteiger partial charge in [0.15, 0.2) is 0 Å². The average Bonchev–Trinajstić information content (AvgIpc) is 2.45. The van der Waals surface area contributed by atoms with Crippen LogP contribution in [-0.2, 0) is 16.6 Å². The van der Waals surface area contributed by atoms with Crippen LogP contribution < -0.4 is 11.5 Å². The van der Waals surface area contributed by atoms with Crippen molar-refractivity contribution in [1.29, 1.82) is 0 Å². The zero-order valence-electron chi connectivity index (χ0n) is 12.0. The van der Waals surface area contributed by atoms with Gasteiger partial charge in [-0.25, -0.2) is 0 Å². The van der Waals surface area contributed by atoms with Crippen molar-refractivity contribution in [2.24, 2.45) is 5.73 Å². The number of hydrogen-bond acceptors (Lipinski definition) is 3. The van der Waals surface area contributed by atoms with Crippen molar-refractivity contribution < 1.29 is 9.90 Å². The quantitative estimate of drug-likeness (QED) is 0.733. The van der Waals surface area contributed by atoms with Gasteiger partial charge in [0, 0.05) is 12.2 Å². The lowest BCUT2D eigenvalue weighted by Gasteiger charge is -2.30. The van der Waals surface area contributed by atoms with Crippen molar-refractivity contribution in [2.45, 2.75) is 18.8 Å². The molecule has 4 heteroatoms. The van der Waals surface area contributed by atoms with E-state index < -0.39 is 11.4 Å². The summed E-state index contributed by atoms with van der Waals surface area (Å²) < 4.78 is 0. The topological polar surface area (TPSA) is 89.3 Å². The van der Waals surface area contributed by atoms with Crippen LogP contribution in [0.1, 0.15) is 16.7 Å². The van der Waals surface area contributed by atoms with Crippen molar-refractivity contribution in [3.05, 3.63) is 65.2 Å².